The minimum absolute atomic E-state index is 0.0134. The third-order valence-electron chi connectivity index (χ3n) is 3.17. The first-order valence-corrected chi connectivity index (χ1v) is 5.71. The van der Waals surface area contributed by atoms with Crippen LogP contribution in [0.25, 0.3) is 0 Å². The Labute approximate surface area is 98.5 Å². The molecule has 1 aromatic heterocycles. The zero-order chi connectivity index (χ0) is 12.3. The van der Waals surface area contributed by atoms with E-state index in [9.17, 15) is 9.59 Å². The summed E-state index contributed by atoms with van der Waals surface area (Å²) >= 11 is 0. The van der Waals surface area contributed by atoms with Gasteiger partial charge in [0.25, 0.3) is 5.91 Å². The van der Waals surface area contributed by atoms with Gasteiger partial charge in [-0.25, -0.2) is 4.79 Å². The summed E-state index contributed by atoms with van der Waals surface area (Å²) in [7, 11) is 0. The highest BCUT2D eigenvalue weighted by Gasteiger charge is 2.28. The molecule has 92 valence electrons. The molecule has 2 atom stereocenters. The number of rotatable bonds is 3. The number of hydrogen-bond donors (Lipinski definition) is 2. The lowest BCUT2D eigenvalue weighted by molar-refractivity contribution is 0.0913. The Morgan fingerprint density at radius 1 is 1.47 bits per heavy atom. The molecule has 1 aliphatic carbocycles. The molecule has 0 saturated heterocycles. The van der Waals surface area contributed by atoms with Crippen LogP contribution in [0, 0.1) is 5.92 Å². The lowest BCUT2D eigenvalue weighted by Crippen LogP contribution is -2.38. The summed E-state index contributed by atoms with van der Waals surface area (Å²) in [6.45, 7) is 0.0921. The van der Waals surface area contributed by atoms with Crippen LogP contribution in [0.1, 0.15) is 29.6 Å². The van der Waals surface area contributed by atoms with Crippen LogP contribution >= 0.6 is 0 Å². The van der Waals surface area contributed by atoms with Crippen molar-refractivity contribution in [1.29, 1.82) is 0 Å². The molecule has 0 aromatic carbocycles. The molecule has 0 bridgehead atoms. The summed E-state index contributed by atoms with van der Waals surface area (Å²) in [5, 5.41) is 12.0. The molecule has 17 heavy (non-hydrogen) atoms. The first-order chi connectivity index (χ1) is 8.20. The van der Waals surface area contributed by atoms with Crippen molar-refractivity contribution >= 4 is 5.91 Å². The molecule has 1 heterocycles. The van der Waals surface area contributed by atoms with Crippen molar-refractivity contribution < 1.29 is 14.3 Å². The molecule has 1 amide bonds. The average Bonchev–Trinajstić information content (AvgIpc) is 2.77. The summed E-state index contributed by atoms with van der Waals surface area (Å²) in [5.74, 6) is -0.131. The van der Waals surface area contributed by atoms with Gasteiger partial charge in [0.15, 0.2) is 0 Å². The van der Waals surface area contributed by atoms with Gasteiger partial charge in [0.2, 0.25) is 0 Å². The van der Waals surface area contributed by atoms with Crippen molar-refractivity contribution in [3.05, 3.63) is 34.4 Å². The first kappa shape index (κ1) is 11.9. The van der Waals surface area contributed by atoms with E-state index in [1.54, 1.807) is 0 Å². The van der Waals surface area contributed by atoms with E-state index in [1.165, 1.54) is 12.1 Å². The fourth-order valence-electron chi connectivity index (χ4n) is 2.18. The summed E-state index contributed by atoms with van der Waals surface area (Å²) in [5.41, 5.74) is -0.149. The highest BCUT2D eigenvalue weighted by molar-refractivity contribution is 5.93. The van der Waals surface area contributed by atoms with Crippen LogP contribution < -0.4 is 10.9 Å². The van der Waals surface area contributed by atoms with E-state index in [4.69, 9.17) is 5.11 Å². The Balaban J connectivity index is 2.01. The molecule has 0 aliphatic heterocycles. The van der Waals surface area contributed by atoms with E-state index in [0.717, 1.165) is 25.5 Å². The summed E-state index contributed by atoms with van der Waals surface area (Å²) < 4.78 is 4.63. The normalized spacial score (nSPS) is 23.6. The average molecular weight is 237 g/mol. The fraction of sp³-hybridized carbons (Fsp3) is 0.500. The monoisotopic (exact) mass is 237 g/mol. The second-order valence-electron chi connectivity index (χ2n) is 4.30. The van der Waals surface area contributed by atoms with Crippen molar-refractivity contribution in [3.63, 3.8) is 0 Å². The smallest absolute Gasteiger partial charge is 0.335 e. The topological polar surface area (TPSA) is 79.5 Å². The predicted molar refractivity (Wildman–Crippen MR) is 60.7 cm³/mol. The van der Waals surface area contributed by atoms with Crippen LogP contribution in [0.3, 0.4) is 0 Å². The molecule has 2 rings (SSSR count). The molecular formula is C12H15NO4. The molecule has 1 saturated carbocycles. The number of hydrogen-bond acceptors (Lipinski definition) is 4. The molecule has 5 heteroatoms. The van der Waals surface area contributed by atoms with Gasteiger partial charge in [0, 0.05) is 24.6 Å². The largest absolute Gasteiger partial charge is 0.430 e. The minimum atomic E-state index is -0.476. The van der Waals surface area contributed by atoms with Crippen molar-refractivity contribution in [3.8, 4) is 0 Å². The zero-order valence-corrected chi connectivity index (χ0v) is 9.39. The lowest BCUT2D eigenvalue weighted by atomic mass is 10.0. The van der Waals surface area contributed by atoms with Gasteiger partial charge in [0.05, 0.1) is 5.56 Å². The van der Waals surface area contributed by atoms with Gasteiger partial charge < -0.3 is 14.8 Å². The Kier molecular flexibility index (Phi) is 3.58. The highest BCUT2D eigenvalue weighted by atomic mass is 16.4. The van der Waals surface area contributed by atoms with Crippen LogP contribution in [0.4, 0.5) is 0 Å². The van der Waals surface area contributed by atoms with E-state index < -0.39 is 5.63 Å². The Bertz CT molecular complexity index is 434. The van der Waals surface area contributed by atoms with Crippen molar-refractivity contribution in [2.24, 2.45) is 5.92 Å². The maximum absolute atomic E-state index is 11.8. The van der Waals surface area contributed by atoms with E-state index in [0.29, 0.717) is 5.56 Å². The summed E-state index contributed by atoms with van der Waals surface area (Å²) in [4.78, 5) is 22.6. The van der Waals surface area contributed by atoms with Crippen LogP contribution in [-0.2, 0) is 0 Å². The lowest BCUT2D eigenvalue weighted by Gasteiger charge is -2.18. The predicted octanol–water partition coefficient (Wildman–Crippen LogP) is 0.531. The quantitative estimate of drug-likeness (QED) is 0.803. The van der Waals surface area contributed by atoms with Crippen molar-refractivity contribution in [2.45, 2.75) is 25.3 Å². The standard InChI is InChI=1S/C12H15NO4/c14-6-8-2-1-3-10(8)13-12(16)9-4-5-11(15)17-7-9/h4-5,7-8,10,14H,1-3,6H2,(H,13,16). The van der Waals surface area contributed by atoms with Gasteiger partial charge in [-0.05, 0) is 18.9 Å². The number of nitrogens with one attached hydrogen (secondary N) is 1. The van der Waals surface area contributed by atoms with E-state index in [2.05, 4.69) is 9.73 Å². The van der Waals surface area contributed by atoms with Gasteiger partial charge in [-0.2, -0.15) is 0 Å². The Morgan fingerprint density at radius 3 is 2.94 bits per heavy atom. The summed E-state index contributed by atoms with van der Waals surface area (Å²) in [6.07, 6.45) is 3.99. The molecule has 0 spiro atoms. The van der Waals surface area contributed by atoms with Crippen molar-refractivity contribution in [1.82, 2.24) is 5.32 Å². The number of aliphatic hydroxyl groups is 1. The molecular weight excluding hydrogens is 222 g/mol. The number of carbonyl (C=O) groups excluding carboxylic acids is 1. The van der Waals surface area contributed by atoms with Gasteiger partial charge in [-0.3, -0.25) is 4.79 Å². The third kappa shape index (κ3) is 2.74. The van der Waals surface area contributed by atoms with Crippen LogP contribution in [0.15, 0.2) is 27.6 Å². The van der Waals surface area contributed by atoms with Crippen LogP contribution in [0.2, 0.25) is 0 Å². The van der Waals surface area contributed by atoms with Gasteiger partial charge in [-0.1, -0.05) is 6.42 Å². The van der Waals surface area contributed by atoms with Gasteiger partial charge >= 0.3 is 5.63 Å². The van der Waals surface area contributed by atoms with Gasteiger partial charge in [0.1, 0.15) is 6.26 Å². The molecule has 5 nitrogen and oxygen atoms in total. The molecule has 2 N–H and O–H groups in total. The van der Waals surface area contributed by atoms with E-state index in [1.807, 2.05) is 0 Å². The molecule has 1 aromatic rings. The third-order valence-corrected chi connectivity index (χ3v) is 3.17. The SMILES string of the molecule is O=C(NC1CCCC1CO)c1ccc(=O)oc1. The van der Waals surface area contributed by atoms with E-state index >= 15 is 0 Å². The Morgan fingerprint density at radius 2 is 2.29 bits per heavy atom. The zero-order valence-electron chi connectivity index (χ0n) is 9.39. The number of aliphatic hydroxyl groups excluding tert-OH is 1. The summed E-state index contributed by atoms with van der Waals surface area (Å²) in [6, 6.07) is 2.66. The Hall–Kier alpha value is -1.62. The second-order valence-corrected chi connectivity index (χ2v) is 4.30. The molecule has 0 radical (unpaired) electrons. The minimum Gasteiger partial charge on any atom is -0.430 e. The maximum Gasteiger partial charge on any atom is 0.335 e. The highest BCUT2D eigenvalue weighted by Crippen LogP contribution is 2.25. The first-order valence-electron chi connectivity index (χ1n) is 5.71. The fourth-order valence-corrected chi connectivity index (χ4v) is 2.18. The van der Waals surface area contributed by atoms with Gasteiger partial charge in [-0.15, -0.1) is 0 Å². The molecule has 1 aliphatic rings. The number of carbonyl (C=O) groups is 1. The van der Waals surface area contributed by atoms with E-state index in [-0.39, 0.29) is 24.5 Å². The van der Waals surface area contributed by atoms with Crippen LogP contribution in [-0.4, -0.2) is 23.7 Å². The number of amides is 1. The van der Waals surface area contributed by atoms with Crippen LogP contribution in [0.5, 0.6) is 0 Å². The molecule has 1 fully saturated rings. The second kappa shape index (κ2) is 5.14. The molecule has 2 unspecified atom stereocenters. The maximum atomic E-state index is 11.8. The van der Waals surface area contributed by atoms with Crippen molar-refractivity contribution in [2.75, 3.05) is 6.61 Å².